The molecule has 0 saturated heterocycles. The summed E-state index contributed by atoms with van der Waals surface area (Å²) in [6.07, 6.45) is 3.73. The summed E-state index contributed by atoms with van der Waals surface area (Å²) in [5.41, 5.74) is 9.40. The first-order valence-electron chi connectivity index (χ1n) is 8.43. The topological polar surface area (TPSA) is 60.0 Å². The molecule has 4 nitrogen and oxygen atoms in total. The van der Waals surface area contributed by atoms with Gasteiger partial charge < -0.3 is 15.6 Å². The number of carbonyl (C=O) groups is 1. The second kappa shape index (κ2) is 6.93. The molecule has 0 radical (unpaired) electrons. The van der Waals surface area contributed by atoms with E-state index in [1.54, 1.807) is 0 Å². The van der Waals surface area contributed by atoms with E-state index >= 15 is 0 Å². The molecule has 1 atom stereocenters. The number of hydrogen-bond donors (Lipinski definition) is 2. The lowest BCUT2D eigenvalue weighted by Crippen LogP contribution is -2.36. The molecule has 0 fully saturated rings. The third-order valence-electron chi connectivity index (χ3n) is 4.69. The Hall–Kier alpha value is -1.52. The number of fused-ring (bicyclic) bond motifs is 3. The normalized spacial score (nSPS) is 17.3. The Bertz CT molecular complexity index is 723. The lowest BCUT2D eigenvalue weighted by molar-refractivity contribution is -0.125. The maximum Gasteiger partial charge on any atom is 0.223 e. The fourth-order valence-corrected chi connectivity index (χ4v) is 3.84. The summed E-state index contributed by atoms with van der Waals surface area (Å²) in [7, 11) is 0. The zero-order valence-electron chi connectivity index (χ0n) is 13.6. The lowest BCUT2D eigenvalue weighted by Gasteiger charge is -2.23. The van der Waals surface area contributed by atoms with Crippen molar-refractivity contribution in [2.75, 3.05) is 13.1 Å². The third kappa shape index (κ3) is 3.10. The van der Waals surface area contributed by atoms with Crippen LogP contribution in [0.1, 0.15) is 31.0 Å². The average Bonchev–Trinajstić information content (AvgIpc) is 2.86. The van der Waals surface area contributed by atoms with E-state index in [0.29, 0.717) is 13.1 Å². The van der Waals surface area contributed by atoms with Crippen molar-refractivity contribution in [3.8, 4) is 0 Å². The Morgan fingerprint density at radius 3 is 3.04 bits per heavy atom. The summed E-state index contributed by atoms with van der Waals surface area (Å²) in [5, 5.41) is 4.89. The van der Waals surface area contributed by atoms with Crippen LogP contribution in [0.15, 0.2) is 18.2 Å². The number of aryl methyl sites for hydroxylation is 1. The smallest absolute Gasteiger partial charge is 0.223 e. The monoisotopic (exact) mass is 333 g/mol. The van der Waals surface area contributed by atoms with Gasteiger partial charge in [-0.1, -0.05) is 18.5 Å². The highest BCUT2D eigenvalue weighted by atomic mass is 35.5. The number of rotatable bonds is 5. The van der Waals surface area contributed by atoms with Crippen LogP contribution in [0.25, 0.3) is 10.9 Å². The van der Waals surface area contributed by atoms with E-state index in [4.69, 9.17) is 17.3 Å². The number of amides is 1. The van der Waals surface area contributed by atoms with Crippen LogP contribution in [0.5, 0.6) is 0 Å². The zero-order valence-corrected chi connectivity index (χ0v) is 14.3. The van der Waals surface area contributed by atoms with Crippen molar-refractivity contribution in [1.29, 1.82) is 0 Å². The van der Waals surface area contributed by atoms with E-state index in [0.717, 1.165) is 37.3 Å². The molecule has 5 heteroatoms. The molecule has 0 saturated carbocycles. The van der Waals surface area contributed by atoms with Crippen LogP contribution >= 0.6 is 11.6 Å². The molecule has 1 aliphatic rings. The van der Waals surface area contributed by atoms with Crippen molar-refractivity contribution in [1.82, 2.24) is 9.88 Å². The number of halogens is 1. The van der Waals surface area contributed by atoms with Crippen LogP contribution in [0.2, 0.25) is 5.02 Å². The highest BCUT2D eigenvalue weighted by molar-refractivity contribution is 6.31. The molecule has 3 rings (SSSR count). The first kappa shape index (κ1) is 16.3. The zero-order chi connectivity index (χ0) is 16.4. The van der Waals surface area contributed by atoms with E-state index in [1.165, 1.54) is 22.2 Å². The van der Waals surface area contributed by atoms with Gasteiger partial charge in [0.05, 0.1) is 0 Å². The number of nitrogens with zero attached hydrogens (tertiary/aromatic N) is 1. The summed E-state index contributed by atoms with van der Waals surface area (Å²) in [6.45, 7) is 4.23. The second-order valence-corrected chi connectivity index (χ2v) is 6.69. The minimum absolute atomic E-state index is 0.0358. The molecular weight excluding hydrogens is 310 g/mol. The summed E-state index contributed by atoms with van der Waals surface area (Å²) >= 11 is 6.21. The molecule has 23 heavy (non-hydrogen) atoms. The lowest BCUT2D eigenvalue weighted by atomic mass is 9.85. The number of benzene rings is 1. The average molecular weight is 334 g/mol. The van der Waals surface area contributed by atoms with Crippen molar-refractivity contribution >= 4 is 28.4 Å². The van der Waals surface area contributed by atoms with Crippen molar-refractivity contribution in [2.24, 2.45) is 11.7 Å². The van der Waals surface area contributed by atoms with Gasteiger partial charge in [0.15, 0.2) is 0 Å². The number of hydrogen-bond acceptors (Lipinski definition) is 2. The van der Waals surface area contributed by atoms with Gasteiger partial charge in [-0.25, -0.2) is 0 Å². The van der Waals surface area contributed by atoms with Crippen LogP contribution in [-0.2, 0) is 24.2 Å². The molecule has 0 spiro atoms. The number of carbonyl (C=O) groups excluding carboxylic acids is 1. The second-order valence-electron chi connectivity index (χ2n) is 6.26. The molecule has 1 aromatic heterocycles. The number of nitrogens with one attached hydrogen (secondary N) is 1. The molecule has 1 unspecified atom stereocenters. The maximum atomic E-state index is 12.3. The first-order chi connectivity index (χ1) is 11.2. The van der Waals surface area contributed by atoms with E-state index < -0.39 is 0 Å². The van der Waals surface area contributed by atoms with Gasteiger partial charge in [-0.2, -0.15) is 0 Å². The summed E-state index contributed by atoms with van der Waals surface area (Å²) in [5.74, 6) is 0.160. The van der Waals surface area contributed by atoms with Crippen molar-refractivity contribution < 1.29 is 4.79 Å². The minimum atomic E-state index is 0.0358. The molecule has 1 aliphatic carbocycles. The molecule has 0 aliphatic heterocycles. The van der Waals surface area contributed by atoms with E-state index in [2.05, 4.69) is 22.9 Å². The van der Waals surface area contributed by atoms with E-state index in [-0.39, 0.29) is 11.8 Å². The molecule has 1 heterocycles. The Morgan fingerprint density at radius 2 is 2.30 bits per heavy atom. The standard InChI is InChI=1S/C18H24ClN3O/c1-2-9-22-16-5-3-12(18(23)21-8-7-20)10-14(16)15-11-13(19)4-6-17(15)22/h4,6,11-12H,2-3,5,7-10,20H2,1H3,(H,21,23). The largest absolute Gasteiger partial charge is 0.355 e. The highest BCUT2D eigenvalue weighted by Gasteiger charge is 2.29. The Kier molecular flexibility index (Phi) is 4.93. The van der Waals surface area contributed by atoms with Gasteiger partial charge in [-0.3, -0.25) is 4.79 Å². The molecular formula is C18H24ClN3O. The van der Waals surface area contributed by atoms with Crippen molar-refractivity contribution in [2.45, 2.75) is 39.2 Å². The Labute approximate surface area is 142 Å². The molecule has 124 valence electrons. The fourth-order valence-electron chi connectivity index (χ4n) is 3.66. The van der Waals surface area contributed by atoms with E-state index in [9.17, 15) is 4.79 Å². The summed E-state index contributed by atoms with van der Waals surface area (Å²) in [4.78, 5) is 12.3. The number of aromatic nitrogens is 1. The molecule has 3 N–H and O–H groups in total. The minimum Gasteiger partial charge on any atom is -0.355 e. The Morgan fingerprint density at radius 1 is 1.48 bits per heavy atom. The van der Waals surface area contributed by atoms with Crippen molar-refractivity contribution in [3.05, 3.63) is 34.5 Å². The van der Waals surface area contributed by atoms with Gasteiger partial charge in [0, 0.05) is 47.2 Å². The van der Waals surface area contributed by atoms with Gasteiger partial charge in [0.2, 0.25) is 5.91 Å². The molecule has 1 amide bonds. The van der Waals surface area contributed by atoms with Gasteiger partial charge >= 0.3 is 0 Å². The number of nitrogens with two attached hydrogens (primary N) is 1. The van der Waals surface area contributed by atoms with Gasteiger partial charge in [0.25, 0.3) is 0 Å². The predicted octanol–water partition coefficient (Wildman–Crippen LogP) is 2.88. The quantitative estimate of drug-likeness (QED) is 0.883. The van der Waals surface area contributed by atoms with Crippen LogP contribution in [0, 0.1) is 5.92 Å². The molecule has 2 aromatic rings. The van der Waals surface area contributed by atoms with Crippen LogP contribution in [0.4, 0.5) is 0 Å². The highest BCUT2D eigenvalue weighted by Crippen LogP contribution is 2.36. The third-order valence-corrected chi connectivity index (χ3v) is 4.93. The Balaban J connectivity index is 1.98. The van der Waals surface area contributed by atoms with Gasteiger partial charge in [-0.15, -0.1) is 0 Å². The van der Waals surface area contributed by atoms with Crippen LogP contribution in [-0.4, -0.2) is 23.6 Å². The first-order valence-corrected chi connectivity index (χ1v) is 8.80. The summed E-state index contributed by atoms with van der Waals surface area (Å²) in [6, 6.07) is 6.10. The van der Waals surface area contributed by atoms with E-state index in [1.807, 2.05) is 12.1 Å². The summed E-state index contributed by atoms with van der Waals surface area (Å²) < 4.78 is 2.41. The van der Waals surface area contributed by atoms with Gasteiger partial charge in [-0.05, 0) is 49.4 Å². The van der Waals surface area contributed by atoms with Gasteiger partial charge in [0.1, 0.15) is 0 Å². The molecule has 1 aromatic carbocycles. The maximum absolute atomic E-state index is 12.3. The molecule has 0 bridgehead atoms. The SMILES string of the molecule is CCCn1c2c(c3cc(Cl)ccc31)CC(C(=O)NCCN)CC2. The van der Waals surface area contributed by atoms with Crippen LogP contribution in [0.3, 0.4) is 0 Å². The van der Waals surface area contributed by atoms with Crippen molar-refractivity contribution in [3.63, 3.8) is 0 Å². The van der Waals surface area contributed by atoms with Crippen LogP contribution < -0.4 is 11.1 Å². The fraction of sp³-hybridized carbons (Fsp3) is 0.500. The predicted molar refractivity (Wildman–Crippen MR) is 94.8 cm³/mol.